The van der Waals surface area contributed by atoms with Gasteiger partial charge in [0, 0.05) is 12.1 Å². The number of aromatic nitrogens is 2. The fourth-order valence-corrected chi connectivity index (χ4v) is 4.22. The Bertz CT molecular complexity index is 930. The van der Waals surface area contributed by atoms with Crippen LogP contribution in [-0.2, 0) is 27.4 Å². The Labute approximate surface area is 189 Å². The van der Waals surface area contributed by atoms with Crippen LogP contribution in [0.2, 0.25) is 5.15 Å². The van der Waals surface area contributed by atoms with Gasteiger partial charge in [-0.05, 0) is 42.7 Å². The van der Waals surface area contributed by atoms with E-state index in [2.05, 4.69) is 12.0 Å². The normalized spacial score (nSPS) is 19.2. The number of carbonyl (C=O) groups is 1. The van der Waals surface area contributed by atoms with Gasteiger partial charge in [-0.3, -0.25) is 0 Å². The van der Waals surface area contributed by atoms with Gasteiger partial charge in [0.25, 0.3) is 0 Å². The Morgan fingerprint density at radius 3 is 2.61 bits per heavy atom. The molecule has 2 aromatic rings. The Morgan fingerprint density at radius 1 is 1.23 bits per heavy atom. The SMILES string of the molecule is CO/C=C(/C(=O)OC)c1ccccc1COc1nn(CC2CCC(C)CC2)c(Cl)c1C. The first kappa shape index (κ1) is 23.2. The lowest BCUT2D eigenvalue weighted by Crippen LogP contribution is -2.18. The number of benzene rings is 1. The smallest absolute Gasteiger partial charge is 0.341 e. The van der Waals surface area contributed by atoms with Crippen LogP contribution >= 0.6 is 11.6 Å². The van der Waals surface area contributed by atoms with Gasteiger partial charge in [-0.2, -0.15) is 0 Å². The Balaban J connectivity index is 1.75. The standard InChI is InChI=1S/C24H31ClN2O4/c1-16-9-11-18(12-10-16)13-27-22(25)17(2)23(26-27)31-14-19-7-5-6-8-20(19)21(15-29-3)24(28)30-4/h5-8,15-16,18H,9-14H2,1-4H3/b21-15+. The Morgan fingerprint density at radius 2 is 1.94 bits per heavy atom. The van der Waals surface area contributed by atoms with Gasteiger partial charge in [-0.1, -0.05) is 55.6 Å². The van der Waals surface area contributed by atoms with Crippen LogP contribution in [0.25, 0.3) is 5.57 Å². The minimum absolute atomic E-state index is 0.239. The highest BCUT2D eigenvalue weighted by molar-refractivity contribution is 6.30. The fourth-order valence-electron chi connectivity index (χ4n) is 4.03. The van der Waals surface area contributed by atoms with Crippen molar-refractivity contribution in [1.29, 1.82) is 0 Å². The number of hydrogen-bond acceptors (Lipinski definition) is 5. The molecule has 0 amide bonds. The van der Waals surface area contributed by atoms with Crippen molar-refractivity contribution in [3.05, 3.63) is 52.4 Å². The second-order valence-electron chi connectivity index (χ2n) is 8.23. The molecule has 6 nitrogen and oxygen atoms in total. The second-order valence-corrected chi connectivity index (χ2v) is 8.59. The first-order chi connectivity index (χ1) is 14.9. The maximum absolute atomic E-state index is 12.2. The molecule has 3 rings (SSSR count). The van der Waals surface area contributed by atoms with E-state index in [0.717, 1.165) is 23.6 Å². The molecule has 0 N–H and O–H groups in total. The Hall–Kier alpha value is -2.47. The van der Waals surface area contributed by atoms with Crippen molar-refractivity contribution in [2.24, 2.45) is 11.8 Å². The number of rotatable bonds is 8. The van der Waals surface area contributed by atoms with Gasteiger partial charge in [0.1, 0.15) is 17.3 Å². The fraction of sp³-hybridized carbons (Fsp3) is 0.500. The van der Waals surface area contributed by atoms with E-state index in [1.807, 2.05) is 35.9 Å². The van der Waals surface area contributed by atoms with Crippen LogP contribution in [0.15, 0.2) is 30.5 Å². The summed E-state index contributed by atoms with van der Waals surface area (Å²) < 4.78 is 17.9. The summed E-state index contributed by atoms with van der Waals surface area (Å²) in [7, 11) is 2.84. The van der Waals surface area contributed by atoms with Crippen LogP contribution in [0, 0.1) is 18.8 Å². The molecule has 0 spiro atoms. The summed E-state index contributed by atoms with van der Waals surface area (Å²) in [4.78, 5) is 12.2. The lowest BCUT2D eigenvalue weighted by molar-refractivity contribution is -0.133. The monoisotopic (exact) mass is 446 g/mol. The third-order valence-corrected chi connectivity index (χ3v) is 6.43. The number of hydrogen-bond donors (Lipinski definition) is 0. The van der Waals surface area contributed by atoms with Gasteiger partial charge in [0.05, 0.1) is 20.5 Å². The number of halogens is 1. The third kappa shape index (κ3) is 5.62. The van der Waals surface area contributed by atoms with Gasteiger partial charge in [0.2, 0.25) is 5.88 Å². The zero-order valence-corrected chi connectivity index (χ0v) is 19.4. The van der Waals surface area contributed by atoms with Crippen LogP contribution < -0.4 is 4.74 Å². The predicted octanol–water partition coefficient (Wildman–Crippen LogP) is 5.41. The molecule has 0 unspecified atom stereocenters. The summed E-state index contributed by atoms with van der Waals surface area (Å²) >= 11 is 6.56. The first-order valence-electron chi connectivity index (χ1n) is 10.7. The van der Waals surface area contributed by atoms with E-state index in [1.54, 1.807) is 0 Å². The number of nitrogens with zero attached hydrogens (tertiary/aromatic N) is 2. The van der Waals surface area contributed by atoms with Crippen molar-refractivity contribution in [2.45, 2.75) is 52.7 Å². The van der Waals surface area contributed by atoms with E-state index >= 15 is 0 Å². The largest absolute Gasteiger partial charge is 0.503 e. The highest BCUT2D eigenvalue weighted by atomic mass is 35.5. The van der Waals surface area contributed by atoms with Gasteiger partial charge < -0.3 is 14.2 Å². The molecule has 0 saturated heterocycles. The predicted molar refractivity (Wildman–Crippen MR) is 121 cm³/mol. The lowest BCUT2D eigenvalue weighted by Gasteiger charge is -2.26. The van der Waals surface area contributed by atoms with Crippen LogP contribution in [0.5, 0.6) is 5.88 Å². The summed E-state index contributed by atoms with van der Waals surface area (Å²) in [6, 6.07) is 7.49. The molecule has 1 saturated carbocycles. The van der Waals surface area contributed by atoms with Gasteiger partial charge in [-0.15, -0.1) is 5.10 Å². The van der Waals surface area contributed by atoms with E-state index in [4.69, 9.17) is 25.8 Å². The zero-order valence-electron chi connectivity index (χ0n) is 18.7. The number of carbonyl (C=O) groups excluding carboxylic acids is 1. The number of methoxy groups -OCH3 is 2. The molecule has 31 heavy (non-hydrogen) atoms. The first-order valence-corrected chi connectivity index (χ1v) is 11.1. The summed E-state index contributed by atoms with van der Waals surface area (Å²) in [6.07, 6.45) is 6.33. The zero-order chi connectivity index (χ0) is 22.4. The maximum atomic E-state index is 12.2. The Kier molecular flexibility index (Phi) is 8.02. The molecule has 1 aliphatic rings. The van der Waals surface area contributed by atoms with Gasteiger partial charge in [0.15, 0.2) is 0 Å². The summed E-state index contributed by atoms with van der Waals surface area (Å²) in [5, 5.41) is 5.25. The molecular weight excluding hydrogens is 416 g/mol. The molecule has 168 valence electrons. The number of ether oxygens (including phenoxy) is 3. The summed E-state index contributed by atoms with van der Waals surface area (Å²) in [6.45, 7) is 5.29. The summed E-state index contributed by atoms with van der Waals surface area (Å²) in [5.41, 5.74) is 2.67. The highest BCUT2D eigenvalue weighted by Gasteiger charge is 2.22. The van der Waals surface area contributed by atoms with Crippen molar-refractivity contribution in [3.8, 4) is 5.88 Å². The topological polar surface area (TPSA) is 62.6 Å². The van der Waals surface area contributed by atoms with Gasteiger partial charge in [-0.25, -0.2) is 9.48 Å². The third-order valence-electron chi connectivity index (χ3n) is 5.95. The molecule has 1 aromatic carbocycles. The second kappa shape index (κ2) is 10.7. The average Bonchev–Trinajstić information content (AvgIpc) is 3.05. The summed E-state index contributed by atoms with van der Waals surface area (Å²) in [5.74, 6) is 1.45. The molecule has 0 radical (unpaired) electrons. The molecule has 0 bridgehead atoms. The quantitative estimate of drug-likeness (QED) is 0.308. The van der Waals surface area contributed by atoms with Gasteiger partial charge >= 0.3 is 5.97 Å². The van der Waals surface area contributed by atoms with E-state index < -0.39 is 5.97 Å². The van der Waals surface area contributed by atoms with Crippen LogP contribution in [0.4, 0.5) is 0 Å². The van der Waals surface area contributed by atoms with Crippen molar-refractivity contribution in [1.82, 2.24) is 9.78 Å². The van der Waals surface area contributed by atoms with Crippen LogP contribution in [0.1, 0.15) is 49.3 Å². The van der Waals surface area contributed by atoms with Crippen molar-refractivity contribution < 1.29 is 19.0 Å². The van der Waals surface area contributed by atoms with E-state index in [-0.39, 0.29) is 6.61 Å². The van der Waals surface area contributed by atoms with Crippen molar-refractivity contribution in [3.63, 3.8) is 0 Å². The molecule has 7 heteroatoms. The molecule has 0 atom stereocenters. The van der Waals surface area contributed by atoms with Crippen molar-refractivity contribution >= 4 is 23.1 Å². The average molecular weight is 447 g/mol. The van der Waals surface area contributed by atoms with Crippen molar-refractivity contribution in [2.75, 3.05) is 14.2 Å². The molecule has 1 aliphatic carbocycles. The molecule has 1 fully saturated rings. The van der Waals surface area contributed by atoms with E-state index in [1.165, 1.54) is 46.2 Å². The minimum Gasteiger partial charge on any atom is -0.503 e. The van der Waals surface area contributed by atoms with E-state index in [0.29, 0.717) is 28.1 Å². The number of esters is 1. The lowest BCUT2D eigenvalue weighted by atomic mass is 9.83. The van der Waals surface area contributed by atoms with Crippen LogP contribution in [0.3, 0.4) is 0 Å². The highest BCUT2D eigenvalue weighted by Crippen LogP contribution is 2.32. The molecular formula is C24H31ClN2O4. The maximum Gasteiger partial charge on any atom is 0.341 e. The molecule has 0 aliphatic heterocycles. The van der Waals surface area contributed by atoms with Crippen LogP contribution in [-0.4, -0.2) is 30.0 Å². The molecule has 1 aromatic heterocycles. The minimum atomic E-state index is -0.473. The molecule has 1 heterocycles. The van der Waals surface area contributed by atoms with E-state index in [9.17, 15) is 4.79 Å².